The molecular formula is C22H22FN3O3S. The van der Waals surface area contributed by atoms with Crippen molar-refractivity contribution in [1.29, 1.82) is 0 Å². The molecule has 1 aliphatic rings. The summed E-state index contributed by atoms with van der Waals surface area (Å²) in [6.07, 6.45) is 0. The molecule has 0 spiro atoms. The van der Waals surface area contributed by atoms with Gasteiger partial charge in [-0.3, -0.25) is 9.48 Å². The number of methoxy groups -OCH3 is 1. The highest BCUT2D eigenvalue weighted by Gasteiger charge is 2.30. The van der Waals surface area contributed by atoms with Crippen molar-refractivity contribution in [2.24, 2.45) is 7.05 Å². The Morgan fingerprint density at radius 1 is 1.23 bits per heavy atom. The molecule has 0 fully saturated rings. The molecule has 6 nitrogen and oxygen atoms in total. The molecule has 1 atom stereocenters. The fourth-order valence-corrected chi connectivity index (χ4v) is 4.70. The average molecular weight is 428 g/mol. The highest BCUT2D eigenvalue weighted by molar-refractivity contribution is 8.00. The first kappa shape index (κ1) is 20.3. The minimum atomic E-state index is -0.283. The van der Waals surface area contributed by atoms with Crippen LogP contribution in [0.3, 0.4) is 0 Å². The summed E-state index contributed by atoms with van der Waals surface area (Å²) in [5.74, 6) is 1.93. The number of hydrogen-bond donors (Lipinski definition) is 1. The maximum Gasteiger partial charge on any atom is 0.235 e. The second-order valence-electron chi connectivity index (χ2n) is 7.04. The number of amides is 1. The van der Waals surface area contributed by atoms with Gasteiger partial charge < -0.3 is 14.8 Å². The number of halogens is 1. The van der Waals surface area contributed by atoms with Gasteiger partial charge in [0, 0.05) is 12.6 Å². The van der Waals surface area contributed by atoms with Crippen LogP contribution in [0.5, 0.6) is 11.5 Å². The fraction of sp³-hybridized carbons (Fsp3) is 0.273. The number of aryl methyl sites for hydroxylation is 2. The third-order valence-corrected chi connectivity index (χ3v) is 6.24. The Morgan fingerprint density at radius 3 is 2.73 bits per heavy atom. The number of carbonyl (C=O) groups is 1. The fourth-order valence-electron chi connectivity index (χ4n) is 3.52. The zero-order valence-corrected chi connectivity index (χ0v) is 17.8. The van der Waals surface area contributed by atoms with E-state index in [0.717, 1.165) is 28.2 Å². The van der Waals surface area contributed by atoms with Gasteiger partial charge in [-0.15, -0.1) is 11.8 Å². The molecule has 1 N–H and O–H groups in total. The molecule has 0 bridgehead atoms. The predicted molar refractivity (Wildman–Crippen MR) is 115 cm³/mol. The van der Waals surface area contributed by atoms with E-state index in [9.17, 15) is 9.18 Å². The molecular weight excluding hydrogens is 405 g/mol. The van der Waals surface area contributed by atoms with E-state index in [1.54, 1.807) is 35.7 Å². The maximum absolute atomic E-state index is 13.1. The Morgan fingerprint density at radius 2 is 2.00 bits per heavy atom. The van der Waals surface area contributed by atoms with Crippen molar-refractivity contribution in [2.75, 3.05) is 18.2 Å². The van der Waals surface area contributed by atoms with Crippen molar-refractivity contribution < 1.29 is 18.7 Å². The number of carbonyl (C=O) groups excluding carboxylic acids is 1. The Bertz CT molecular complexity index is 1080. The molecule has 1 amide bonds. The van der Waals surface area contributed by atoms with Crippen molar-refractivity contribution >= 4 is 23.5 Å². The second kappa shape index (κ2) is 8.39. The summed E-state index contributed by atoms with van der Waals surface area (Å²) >= 11 is 1.55. The standard InChI is InChI=1S/C22H22FN3O3S/c1-13-20-21(30-12-19(27)24-22(20)26(2)25-13)15-6-9-17(28-3)18(10-15)29-11-14-4-7-16(23)8-5-14/h4-10,21H,11-12H2,1-3H3,(H,24,27)/t21-/m0/s1. The van der Waals surface area contributed by atoms with Crippen LogP contribution in [-0.4, -0.2) is 28.6 Å². The number of nitrogens with zero attached hydrogens (tertiary/aromatic N) is 2. The number of benzene rings is 2. The molecule has 2 aromatic carbocycles. The third kappa shape index (κ3) is 4.00. The topological polar surface area (TPSA) is 65.4 Å². The quantitative estimate of drug-likeness (QED) is 0.660. The first-order chi connectivity index (χ1) is 14.5. The lowest BCUT2D eigenvalue weighted by Gasteiger charge is -2.18. The van der Waals surface area contributed by atoms with Gasteiger partial charge >= 0.3 is 0 Å². The van der Waals surface area contributed by atoms with Gasteiger partial charge in [0.15, 0.2) is 11.5 Å². The first-order valence-electron chi connectivity index (χ1n) is 9.46. The minimum Gasteiger partial charge on any atom is -0.493 e. The van der Waals surface area contributed by atoms with Crippen LogP contribution >= 0.6 is 11.8 Å². The number of ether oxygens (including phenoxy) is 2. The lowest BCUT2D eigenvalue weighted by Crippen LogP contribution is -2.15. The molecule has 2 heterocycles. The third-order valence-electron chi connectivity index (χ3n) is 4.97. The van der Waals surface area contributed by atoms with Gasteiger partial charge in [0.1, 0.15) is 18.2 Å². The van der Waals surface area contributed by atoms with Crippen molar-refractivity contribution in [3.8, 4) is 11.5 Å². The van der Waals surface area contributed by atoms with Gasteiger partial charge in [-0.25, -0.2) is 4.39 Å². The second-order valence-corrected chi connectivity index (χ2v) is 8.13. The molecule has 0 saturated carbocycles. The van der Waals surface area contributed by atoms with E-state index in [0.29, 0.717) is 17.3 Å². The molecule has 1 aromatic heterocycles. The molecule has 3 aromatic rings. The smallest absolute Gasteiger partial charge is 0.235 e. The highest BCUT2D eigenvalue weighted by Crippen LogP contribution is 2.45. The summed E-state index contributed by atoms with van der Waals surface area (Å²) < 4.78 is 26.3. The summed E-state index contributed by atoms with van der Waals surface area (Å²) in [4.78, 5) is 12.2. The molecule has 8 heteroatoms. The van der Waals surface area contributed by atoms with Crippen molar-refractivity contribution in [2.45, 2.75) is 18.8 Å². The van der Waals surface area contributed by atoms with Gasteiger partial charge in [-0.05, 0) is 42.3 Å². The van der Waals surface area contributed by atoms with Crippen LogP contribution in [-0.2, 0) is 18.4 Å². The van der Waals surface area contributed by atoms with Crippen molar-refractivity contribution in [3.05, 3.63) is 70.7 Å². The normalized spacial score (nSPS) is 15.9. The summed E-state index contributed by atoms with van der Waals surface area (Å²) in [5, 5.41) is 7.36. The number of aromatic nitrogens is 2. The SMILES string of the molecule is COc1ccc([C@@H]2SCC(=O)Nc3c2c(C)nn3C)cc1OCc1ccc(F)cc1. The summed E-state index contributed by atoms with van der Waals surface area (Å²) in [6, 6.07) is 12.0. The average Bonchev–Trinajstić information content (AvgIpc) is 2.90. The lowest BCUT2D eigenvalue weighted by atomic mass is 10.0. The largest absolute Gasteiger partial charge is 0.493 e. The molecule has 0 unspecified atom stereocenters. The van der Waals surface area contributed by atoms with E-state index in [2.05, 4.69) is 10.4 Å². The van der Waals surface area contributed by atoms with Gasteiger partial charge in [-0.2, -0.15) is 5.10 Å². The van der Waals surface area contributed by atoms with Crippen LogP contribution in [0.25, 0.3) is 0 Å². The Kier molecular flexibility index (Phi) is 5.67. The zero-order valence-electron chi connectivity index (χ0n) is 16.9. The Labute approximate surface area is 178 Å². The number of rotatable bonds is 5. The van der Waals surface area contributed by atoms with E-state index >= 15 is 0 Å². The molecule has 0 aliphatic carbocycles. The van der Waals surface area contributed by atoms with Gasteiger partial charge in [0.2, 0.25) is 5.91 Å². The van der Waals surface area contributed by atoms with Crippen LogP contribution < -0.4 is 14.8 Å². The molecule has 0 radical (unpaired) electrons. The van der Waals surface area contributed by atoms with Gasteiger partial charge in [0.25, 0.3) is 0 Å². The van der Waals surface area contributed by atoms with Crippen molar-refractivity contribution in [3.63, 3.8) is 0 Å². The number of nitrogens with one attached hydrogen (secondary N) is 1. The van der Waals surface area contributed by atoms with E-state index in [1.165, 1.54) is 12.1 Å². The van der Waals surface area contributed by atoms with Crippen LogP contribution in [0.4, 0.5) is 10.2 Å². The Hall–Kier alpha value is -3.00. The van der Waals surface area contributed by atoms with Crippen LogP contribution in [0.1, 0.15) is 27.6 Å². The molecule has 4 rings (SSSR count). The summed E-state index contributed by atoms with van der Waals surface area (Å²) in [6.45, 7) is 2.23. The lowest BCUT2D eigenvalue weighted by molar-refractivity contribution is -0.113. The van der Waals surface area contributed by atoms with E-state index < -0.39 is 0 Å². The molecule has 1 aliphatic heterocycles. The number of anilines is 1. The van der Waals surface area contributed by atoms with E-state index in [4.69, 9.17) is 9.47 Å². The molecule has 0 saturated heterocycles. The number of thioether (sulfide) groups is 1. The molecule has 156 valence electrons. The first-order valence-corrected chi connectivity index (χ1v) is 10.5. The summed E-state index contributed by atoms with van der Waals surface area (Å²) in [5.41, 5.74) is 3.71. The number of hydrogen-bond acceptors (Lipinski definition) is 5. The monoisotopic (exact) mass is 427 g/mol. The maximum atomic E-state index is 13.1. The van der Waals surface area contributed by atoms with Crippen LogP contribution in [0.2, 0.25) is 0 Å². The minimum absolute atomic E-state index is 0.0481. The van der Waals surface area contributed by atoms with Crippen LogP contribution in [0, 0.1) is 12.7 Å². The van der Waals surface area contributed by atoms with Gasteiger partial charge in [0.05, 0.1) is 23.8 Å². The van der Waals surface area contributed by atoms with E-state index in [-0.39, 0.29) is 23.6 Å². The van der Waals surface area contributed by atoms with E-state index in [1.807, 2.05) is 32.2 Å². The zero-order chi connectivity index (χ0) is 21.3. The number of fused-ring (bicyclic) bond motifs is 1. The van der Waals surface area contributed by atoms with Crippen LogP contribution in [0.15, 0.2) is 42.5 Å². The highest BCUT2D eigenvalue weighted by atomic mass is 32.2. The predicted octanol–water partition coefficient (Wildman–Crippen LogP) is 4.23. The van der Waals surface area contributed by atoms with Gasteiger partial charge in [-0.1, -0.05) is 18.2 Å². The van der Waals surface area contributed by atoms with Crippen molar-refractivity contribution in [1.82, 2.24) is 9.78 Å². The Balaban J connectivity index is 1.67. The molecule has 30 heavy (non-hydrogen) atoms. The summed E-state index contributed by atoms with van der Waals surface area (Å²) in [7, 11) is 3.41.